The predicted octanol–water partition coefficient (Wildman–Crippen LogP) is 4.86. The van der Waals surface area contributed by atoms with Crippen LogP contribution in [0.5, 0.6) is 0 Å². The molecule has 0 saturated heterocycles. The van der Waals surface area contributed by atoms with Crippen molar-refractivity contribution < 1.29 is 0 Å². The molecule has 0 aliphatic carbocycles. The van der Waals surface area contributed by atoms with Gasteiger partial charge in [-0.15, -0.1) is 11.3 Å². The normalized spacial score (nSPS) is 13.9. The summed E-state index contributed by atoms with van der Waals surface area (Å²) in [6, 6.07) is 9.28. The van der Waals surface area contributed by atoms with Crippen LogP contribution in [0.1, 0.15) is 39.7 Å². The van der Waals surface area contributed by atoms with E-state index >= 15 is 0 Å². The Morgan fingerprint density at radius 1 is 1.21 bits per heavy atom. The molecule has 2 rings (SSSR count). The van der Waals surface area contributed by atoms with Crippen molar-refractivity contribution in [1.29, 1.82) is 0 Å². The van der Waals surface area contributed by atoms with Gasteiger partial charge in [0, 0.05) is 10.7 Å². The number of fused-ring (bicyclic) bond motifs is 1. The Labute approximate surface area is 121 Å². The molecular weight excluding hydrogens is 250 g/mol. The zero-order valence-electron chi connectivity index (χ0n) is 12.5. The summed E-state index contributed by atoms with van der Waals surface area (Å²) < 4.78 is 1.40. The molecular formula is C17H25NS. The molecule has 0 aliphatic rings. The molecule has 1 atom stereocenters. The molecule has 104 valence electrons. The third kappa shape index (κ3) is 3.18. The van der Waals surface area contributed by atoms with Gasteiger partial charge in [0.2, 0.25) is 0 Å². The first kappa shape index (κ1) is 14.5. The van der Waals surface area contributed by atoms with E-state index in [1.165, 1.54) is 22.1 Å². The summed E-state index contributed by atoms with van der Waals surface area (Å²) in [6.07, 6.45) is 2.32. The summed E-state index contributed by atoms with van der Waals surface area (Å²) in [7, 11) is 0. The summed E-state index contributed by atoms with van der Waals surface area (Å²) in [6.45, 7) is 10.3. The molecule has 1 heterocycles. The third-order valence-electron chi connectivity index (χ3n) is 4.29. The lowest BCUT2D eigenvalue weighted by atomic mass is 9.79. The van der Waals surface area contributed by atoms with E-state index in [0.717, 1.165) is 13.0 Å². The largest absolute Gasteiger partial charge is 0.313 e. The van der Waals surface area contributed by atoms with Crippen LogP contribution < -0.4 is 5.32 Å². The van der Waals surface area contributed by atoms with Crippen LogP contribution in [-0.4, -0.2) is 12.6 Å². The van der Waals surface area contributed by atoms with Crippen molar-refractivity contribution in [2.45, 2.75) is 46.6 Å². The van der Waals surface area contributed by atoms with Crippen molar-refractivity contribution in [2.24, 2.45) is 5.41 Å². The first-order chi connectivity index (χ1) is 9.08. The topological polar surface area (TPSA) is 12.0 Å². The number of benzene rings is 1. The number of rotatable bonds is 6. The molecule has 0 bridgehead atoms. The van der Waals surface area contributed by atoms with Gasteiger partial charge in [0.25, 0.3) is 0 Å². The van der Waals surface area contributed by atoms with Gasteiger partial charge in [0.1, 0.15) is 0 Å². The van der Waals surface area contributed by atoms with Gasteiger partial charge < -0.3 is 5.32 Å². The van der Waals surface area contributed by atoms with E-state index in [9.17, 15) is 0 Å². The van der Waals surface area contributed by atoms with Crippen molar-refractivity contribution in [3.63, 3.8) is 0 Å². The highest BCUT2D eigenvalue weighted by molar-refractivity contribution is 7.17. The highest BCUT2D eigenvalue weighted by Gasteiger charge is 2.27. The third-order valence-corrected chi connectivity index (χ3v) is 5.30. The van der Waals surface area contributed by atoms with Crippen LogP contribution in [0, 0.1) is 5.41 Å². The molecule has 0 fully saturated rings. The maximum atomic E-state index is 3.68. The van der Waals surface area contributed by atoms with Crippen molar-refractivity contribution in [2.75, 3.05) is 6.54 Å². The van der Waals surface area contributed by atoms with Crippen LogP contribution in [0.3, 0.4) is 0 Å². The lowest BCUT2D eigenvalue weighted by molar-refractivity contribution is 0.233. The van der Waals surface area contributed by atoms with Gasteiger partial charge >= 0.3 is 0 Å². The van der Waals surface area contributed by atoms with Crippen LogP contribution in [0.15, 0.2) is 29.6 Å². The Bertz CT molecular complexity index is 527. The molecule has 0 spiro atoms. The molecule has 0 amide bonds. The fourth-order valence-corrected chi connectivity index (χ4v) is 3.50. The van der Waals surface area contributed by atoms with Crippen molar-refractivity contribution in [1.82, 2.24) is 5.32 Å². The molecule has 1 nitrogen and oxygen atoms in total. The Hall–Kier alpha value is -0.860. The van der Waals surface area contributed by atoms with Gasteiger partial charge in [-0.05, 0) is 47.2 Å². The first-order valence-electron chi connectivity index (χ1n) is 7.27. The lowest BCUT2D eigenvalue weighted by Gasteiger charge is -2.34. The number of nitrogens with one attached hydrogen (secondary N) is 1. The highest BCUT2D eigenvalue weighted by Crippen LogP contribution is 2.32. The van der Waals surface area contributed by atoms with E-state index in [1.54, 1.807) is 0 Å². The smallest absolute Gasteiger partial charge is 0.0345 e. The number of hydrogen-bond donors (Lipinski definition) is 1. The maximum Gasteiger partial charge on any atom is 0.0345 e. The zero-order chi connectivity index (χ0) is 13.9. The van der Waals surface area contributed by atoms with Crippen LogP contribution in [0.25, 0.3) is 10.1 Å². The van der Waals surface area contributed by atoms with Crippen molar-refractivity contribution in [3.8, 4) is 0 Å². The van der Waals surface area contributed by atoms with Crippen LogP contribution in [0.4, 0.5) is 0 Å². The quantitative estimate of drug-likeness (QED) is 0.794. The van der Waals surface area contributed by atoms with Gasteiger partial charge in [-0.3, -0.25) is 0 Å². The number of likely N-dealkylation sites (N-methyl/N-ethyl adjacent to an activating group) is 1. The minimum absolute atomic E-state index is 0.332. The fraction of sp³-hybridized carbons (Fsp3) is 0.529. The Kier molecular flexibility index (Phi) is 4.64. The van der Waals surface area contributed by atoms with E-state index in [1.807, 2.05) is 11.3 Å². The first-order valence-corrected chi connectivity index (χ1v) is 8.15. The summed E-state index contributed by atoms with van der Waals surface area (Å²) in [5, 5.41) is 7.45. The van der Waals surface area contributed by atoms with E-state index < -0.39 is 0 Å². The predicted molar refractivity (Wildman–Crippen MR) is 87.1 cm³/mol. The summed E-state index contributed by atoms with van der Waals surface area (Å²) in [4.78, 5) is 0. The second-order valence-electron chi connectivity index (χ2n) is 5.91. The molecule has 1 aromatic heterocycles. The van der Waals surface area contributed by atoms with Crippen LogP contribution >= 0.6 is 11.3 Å². The lowest BCUT2D eigenvalue weighted by Crippen LogP contribution is -2.43. The molecule has 2 heteroatoms. The van der Waals surface area contributed by atoms with Gasteiger partial charge in [-0.1, -0.05) is 45.9 Å². The second kappa shape index (κ2) is 6.06. The zero-order valence-corrected chi connectivity index (χ0v) is 13.3. The minimum atomic E-state index is 0.332. The van der Waals surface area contributed by atoms with Gasteiger partial charge in [0.05, 0.1) is 0 Å². The van der Waals surface area contributed by atoms with Crippen LogP contribution in [0.2, 0.25) is 0 Å². The summed E-state index contributed by atoms with van der Waals surface area (Å²) in [5.74, 6) is 0. The number of thiophene rings is 1. The average molecular weight is 275 g/mol. The minimum Gasteiger partial charge on any atom is -0.313 e. The molecule has 2 aromatic rings. The Morgan fingerprint density at radius 2 is 1.95 bits per heavy atom. The SMILES string of the molecule is CCNC(Cc1csc2ccccc12)C(C)(C)CC. The average Bonchev–Trinajstić information content (AvgIpc) is 2.82. The Balaban J connectivity index is 2.26. The van der Waals surface area contributed by atoms with Gasteiger partial charge in [0.15, 0.2) is 0 Å². The van der Waals surface area contributed by atoms with E-state index in [0.29, 0.717) is 11.5 Å². The summed E-state index contributed by atoms with van der Waals surface area (Å²) >= 11 is 1.86. The van der Waals surface area contributed by atoms with Gasteiger partial charge in [-0.2, -0.15) is 0 Å². The molecule has 1 N–H and O–H groups in total. The monoisotopic (exact) mass is 275 g/mol. The van der Waals surface area contributed by atoms with E-state index in [2.05, 4.69) is 62.7 Å². The van der Waals surface area contributed by atoms with Crippen molar-refractivity contribution >= 4 is 21.4 Å². The van der Waals surface area contributed by atoms with E-state index in [-0.39, 0.29) is 0 Å². The fourth-order valence-electron chi connectivity index (χ4n) is 2.53. The maximum absolute atomic E-state index is 3.68. The molecule has 1 unspecified atom stereocenters. The standard InChI is InChI=1S/C17H25NS/c1-5-17(3,4)16(18-6-2)11-13-12-19-15-10-8-7-9-14(13)15/h7-10,12,16,18H,5-6,11H2,1-4H3. The highest BCUT2D eigenvalue weighted by atomic mass is 32.1. The molecule has 0 radical (unpaired) electrons. The molecule has 19 heavy (non-hydrogen) atoms. The molecule has 0 saturated carbocycles. The van der Waals surface area contributed by atoms with Crippen LogP contribution in [-0.2, 0) is 6.42 Å². The van der Waals surface area contributed by atoms with Crippen molar-refractivity contribution in [3.05, 3.63) is 35.2 Å². The van der Waals surface area contributed by atoms with E-state index in [4.69, 9.17) is 0 Å². The Morgan fingerprint density at radius 3 is 2.63 bits per heavy atom. The molecule has 0 aliphatic heterocycles. The second-order valence-corrected chi connectivity index (χ2v) is 6.82. The number of hydrogen-bond acceptors (Lipinski definition) is 2. The summed E-state index contributed by atoms with van der Waals surface area (Å²) in [5.41, 5.74) is 1.83. The van der Waals surface area contributed by atoms with Gasteiger partial charge in [-0.25, -0.2) is 0 Å². The molecule has 1 aromatic carbocycles.